The second-order valence-corrected chi connectivity index (χ2v) is 14.6. The Morgan fingerprint density at radius 2 is 1.00 bits per heavy atom. The molecule has 3 N–H and O–H groups in total. The van der Waals surface area contributed by atoms with Gasteiger partial charge in [0.1, 0.15) is 6.61 Å². The maximum absolute atomic E-state index is 12.5. The molecule has 0 radical (unpaired) electrons. The summed E-state index contributed by atoms with van der Waals surface area (Å²) in [6.45, 7) is 3.64. The molecule has 0 aliphatic carbocycles. The van der Waals surface area contributed by atoms with Gasteiger partial charge in [0.05, 0.1) is 13.2 Å². The van der Waals surface area contributed by atoms with Crippen molar-refractivity contribution >= 4 is 19.8 Å². The van der Waals surface area contributed by atoms with E-state index in [1.807, 2.05) is 12.2 Å². The van der Waals surface area contributed by atoms with E-state index in [1.54, 1.807) is 0 Å². The molecule has 0 fully saturated rings. The summed E-state index contributed by atoms with van der Waals surface area (Å²) in [4.78, 5) is 34.6. The Labute approximate surface area is 300 Å². The van der Waals surface area contributed by atoms with Gasteiger partial charge in [-0.1, -0.05) is 154 Å². The van der Waals surface area contributed by atoms with E-state index in [-0.39, 0.29) is 32.6 Å². The number of phosphoric ester groups is 1. The quantitative estimate of drug-likeness (QED) is 0.0279. The number of esters is 2. The fraction of sp³-hybridized carbons (Fsp3) is 0.846. The molecule has 0 bridgehead atoms. The smallest absolute Gasteiger partial charge is 0.462 e. The van der Waals surface area contributed by atoms with Gasteiger partial charge in [0.2, 0.25) is 0 Å². The SMILES string of the molecule is CCCCCCCCCCC/C=C\CCC(=O)OCC(COP(=O)(O)OCCN)OC(=O)CC/C=C\CCCCCCCCCCCCC. The third kappa shape index (κ3) is 36.1. The number of unbranched alkanes of at least 4 members (excludes halogenated alkanes) is 20. The highest BCUT2D eigenvalue weighted by Gasteiger charge is 2.25. The Hall–Kier alpha value is -1.51. The second kappa shape index (κ2) is 36.3. The minimum Gasteiger partial charge on any atom is -0.462 e. The number of ether oxygens (including phenoxy) is 2. The number of rotatable bonds is 37. The lowest BCUT2D eigenvalue weighted by Crippen LogP contribution is -2.29. The van der Waals surface area contributed by atoms with Crippen LogP contribution in [0.15, 0.2) is 24.3 Å². The first kappa shape index (κ1) is 47.5. The molecule has 0 aromatic carbocycles. The number of carbonyl (C=O) groups excluding carboxylic acids is 2. The summed E-state index contributed by atoms with van der Waals surface area (Å²) in [6, 6.07) is 0. The summed E-state index contributed by atoms with van der Waals surface area (Å²) in [5, 5.41) is 0. The number of hydrogen-bond donors (Lipinski definition) is 2. The highest BCUT2D eigenvalue weighted by molar-refractivity contribution is 7.47. The molecule has 0 aromatic heterocycles. The van der Waals surface area contributed by atoms with E-state index >= 15 is 0 Å². The fourth-order valence-electron chi connectivity index (χ4n) is 5.37. The number of hydrogen-bond acceptors (Lipinski definition) is 8. The molecule has 0 amide bonds. The molecule has 0 aliphatic rings. The molecule has 288 valence electrons. The zero-order valence-electron chi connectivity index (χ0n) is 31.4. The first-order chi connectivity index (χ1) is 23.8. The van der Waals surface area contributed by atoms with Gasteiger partial charge in [-0.25, -0.2) is 4.57 Å². The Morgan fingerprint density at radius 3 is 1.45 bits per heavy atom. The van der Waals surface area contributed by atoms with Gasteiger partial charge in [0, 0.05) is 19.4 Å². The van der Waals surface area contributed by atoms with Crippen molar-refractivity contribution in [1.82, 2.24) is 0 Å². The molecular weight excluding hydrogens is 641 g/mol. The van der Waals surface area contributed by atoms with Crippen molar-refractivity contribution in [1.29, 1.82) is 0 Å². The Morgan fingerprint density at radius 1 is 0.592 bits per heavy atom. The summed E-state index contributed by atoms with van der Waals surface area (Å²) < 4.78 is 32.6. The predicted molar refractivity (Wildman–Crippen MR) is 201 cm³/mol. The van der Waals surface area contributed by atoms with E-state index in [1.165, 1.54) is 116 Å². The van der Waals surface area contributed by atoms with Crippen LogP contribution in [0.25, 0.3) is 0 Å². The third-order valence-corrected chi connectivity index (χ3v) is 9.32. The van der Waals surface area contributed by atoms with Gasteiger partial charge in [-0.3, -0.25) is 18.6 Å². The monoisotopic (exact) mass is 716 g/mol. The maximum atomic E-state index is 12.5. The number of carbonyl (C=O) groups is 2. The van der Waals surface area contributed by atoms with Crippen LogP contribution in [-0.2, 0) is 32.7 Å². The minimum atomic E-state index is -4.38. The average molecular weight is 716 g/mol. The van der Waals surface area contributed by atoms with Gasteiger partial charge < -0.3 is 20.1 Å². The lowest BCUT2D eigenvalue weighted by atomic mass is 10.1. The van der Waals surface area contributed by atoms with Gasteiger partial charge in [-0.2, -0.15) is 0 Å². The molecule has 0 saturated carbocycles. The summed E-state index contributed by atoms with van der Waals surface area (Å²) in [7, 11) is -4.38. The third-order valence-electron chi connectivity index (χ3n) is 8.34. The lowest BCUT2D eigenvalue weighted by molar-refractivity contribution is -0.161. The van der Waals surface area contributed by atoms with Crippen LogP contribution in [-0.4, -0.2) is 49.3 Å². The number of nitrogens with two attached hydrogens (primary N) is 1. The zero-order chi connectivity index (χ0) is 36.1. The maximum Gasteiger partial charge on any atom is 0.472 e. The van der Waals surface area contributed by atoms with Gasteiger partial charge in [0.15, 0.2) is 6.10 Å². The summed E-state index contributed by atoms with van der Waals surface area (Å²) in [5.74, 6) is -0.940. The lowest BCUT2D eigenvalue weighted by Gasteiger charge is -2.19. The van der Waals surface area contributed by atoms with Crippen molar-refractivity contribution in [3.63, 3.8) is 0 Å². The van der Waals surface area contributed by atoms with Crippen molar-refractivity contribution in [2.75, 3.05) is 26.4 Å². The van der Waals surface area contributed by atoms with Crippen molar-refractivity contribution < 1.29 is 37.6 Å². The first-order valence-electron chi connectivity index (χ1n) is 19.8. The standard InChI is InChI=1S/C39H74NO8P/c1-3-5-7-9-11-13-15-17-18-20-22-24-26-28-30-32-39(42)48-37(36-47-49(43,44)46-34-33-40)35-45-38(41)31-29-27-25-23-21-19-16-14-12-10-8-6-4-2/h25-28,37H,3-24,29-36,40H2,1-2H3,(H,43,44)/b27-25-,28-26-. The Kier molecular flexibility index (Phi) is 35.2. The number of phosphoric acid groups is 1. The minimum absolute atomic E-state index is 0.0460. The molecular formula is C39H74NO8P. The highest BCUT2D eigenvalue weighted by Crippen LogP contribution is 2.43. The van der Waals surface area contributed by atoms with Gasteiger partial charge >= 0.3 is 19.8 Å². The van der Waals surface area contributed by atoms with E-state index in [2.05, 4.69) is 26.0 Å². The van der Waals surface area contributed by atoms with Crippen molar-refractivity contribution in [3.05, 3.63) is 24.3 Å². The molecule has 10 heteroatoms. The van der Waals surface area contributed by atoms with Crippen molar-refractivity contribution in [3.8, 4) is 0 Å². The molecule has 0 aromatic rings. The van der Waals surface area contributed by atoms with Crippen LogP contribution in [0.2, 0.25) is 0 Å². The van der Waals surface area contributed by atoms with Crippen LogP contribution in [0.4, 0.5) is 0 Å². The molecule has 2 unspecified atom stereocenters. The summed E-state index contributed by atoms with van der Waals surface area (Å²) >= 11 is 0. The molecule has 0 rings (SSSR count). The van der Waals surface area contributed by atoms with Crippen molar-refractivity contribution in [2.24, 2.45) is 5.73 Å². The predicted octanol–water partition coefficient (Wildman–Crippen LogP) is 10.8. The Balaban J connectivity index is 4.28. The van der Waals surface area contributed by atoms with Crippen molar-refractivity contribution in [2.45, 2.75) is 187 Å². The van der Waals surface area contributed by atoms with E-state index in [0.29, 0.717) is 12.8 Å². The van der Waals surface area contributed by atoms with Crippen LogP contribution in [0.1, 0.15) is 181 Å². The summed E-state index contributed by atoms with van der Waals surface area (Å²) in [6.07, 6.45) is 36.6. The van der Waals surface area contributed by atoms with Gasteiger partial charge in [0.25, 0.3) is 0 Å². The first-order valence-corrected chi connectivity index (χ1v) is 21.3. The van der Waals surface area contributed by atoms with Gasteiger partial charge in [-0.15, -0.1) is 0 Å². The van der Waals surface area contributed by atoms with Gasteiger partial charge in [-0.05, 0) is 38.5 Å². The van der Waals surface area contributed by atoms with Crippen LogP contribution in [0, 0.1) is 0 Å². The molecule has 0 spiro atoms. The van der Waals surface area contributed by atoms with Crippen LogP contribution >= 0.6 is 7.82 Å². The molecule has 49 heavy (non-hydrogen) atoms. The molecule has 0 saturated heterocycles. The topological polar surface area (TPSA) is 134 Å². The average Bonchev–Trinajstić information content (AvgIpc) is 3.08. The van der Waals surface area contributed by atoms with Crippen LogP contribution < -0.4 is 5.73 Å². The molecule has 0 aliphatic heterocycles. The molecule has 2 atom stereocenters. The normalized spacial score (nSPS) is 13.6. The zero-order valence-corrected chi connectivity index (χ0v) is 32.3. The molecule has 9 nitrogen and oxygen atoms in total. The number of allylic oxidation sites excluding steroid dienone is 4. The van der Waals surface area contributed by atoms with E-state index in [9.17, 15) is 19.0 Å². The van der Waals surface area contributed by atoms with Crippen LogP contribution in [0.5, 0.6) is 0 Å². The molecule has 0 heterocycles. The fourth-order valence-corrected chi connectivity index (χ4v) is 6.14. The van der Waals surface area contributed by atoms with Crippen LogP contribution in [0.3, 0.4) is 0 Å². The van der Waals surface area contributed by atoms with E-state index in [4.69, 9.17) is 24.3 Å². The second-order valence-electron chi connectivity index (χ2n) is 13.1. The summed E-state index contributed by atoms with van der Waals surface area (Å²) in [5.41, 5.74) is 5.33. The van der Waals surface area contributed by atoms with E-state index in [0.717, 1.165) is 25.7 Å². The highest BCUT2D eigenvalue weighted by atomic mass is 31.2. The Bertz CT molecular complexity index is 866. The largest absolute Gasteiger partial charge is 0.472 e. The van der Waals surface area contributed by atoms with E-state index < -0.39 is 32.5 Å².